The molecule has 0 unspecified atom stereocenters. The fourth-order valence-corrected chi connectivity index (χ4v) is 2.48. The van der Waals surface area contributed by atoms with Crippen LogP contribution < -0.4 is 10.1 Å². The van der Waals surface area contributed by atoms with Gasteiger partial charge < -0.3 is 14.8 Å². The summed E-state index contributed by atoms with van der Waals surface area (Å²) >= 11 is 0. The predicted molar refractivity (Wildman–Crippen MR) is 80.2 cm³/mol. The first-order valence-electron chi connectivity index (χ1n) is 7.30. The number of benzene rings is 1. The van der Waals surface area contributed by atoms with E-state index in [0.717, 1.165) is 0 Å². The Hall–Kier alpha value is -2.43. The SMILES string of the molecule is Cn1cc(O[C@@H]2COC[C@@H]2NCc2ccc(C#N)cc2F)cn1. The molecule has 1 aliphatic heterocycles. The molecule has 1 aliphatic rings. The van der Waals surface area contributed by atoms with E-state index in [0.29, 0.717) is 36.6 Å². The van der Waals surface area contributed by atoms with Crippen molar-refractivity contribution in [1.29, 1.82) is 5.26 Å². The van der Waals surface area contributed by atoms with Crippen LogP contribution in [0.3, 0.4) is 0 Å². The van der Waals surface area contributed by atoms with E-state index in [2.05, 4.69) is 10.4 Å². The Morgan fingerprint density at radius 1 is 1.52 bits per heavy atom. The van der Waals surface area contributed by atoms with Gasteiger partial charge in [-0.1, -0.05) is 6.07 Å². The maximum absolute atomic E-state index is 13.9. The molecule has 0 bridgehead atoms. The largest absolute Gasteiger partial charge is 0.483 e. The van der Waals surface area contributed by atoms with Gasteiger partial charge >= 0.3 is 0 Å². The first-order chi connectivity index (χ1) is 11.2. The molecule has 2 aromatic rings. The second-order valence-corrected chi connectivity index (χ2v) is 5.45. The molecule has 1 aromatic carbocycles. The lowest BCUT2D eigenvalue weighted by molar-refractivity contribution is 0.139. The van der Waals surface area contributed by atoms with Crippen LogP contribution in [0.5, 0.6) is 5.75 Å². The number of rotatable bonds is 5. The third-order valence-corrected chi connectivity index (χ3v) is 3.73. The van der Waals surface area contributed by atoms with E-state index >= 15 is 0 Å². The lowest BCUT2D eigenvalue weighted by Gasteiger charge is -2.20. The quantitative estimate of drug-likeness (QED) is 0.902. The lowest BCUT2D eigenvalue weighted by atomic mass is 10.1. The van der Waals surface area contributed by atoms with E-state index in [4.69, 9.17) is 14.7 Å². The zero-order valence-electron chi connectivity index (χ0n) is 12.7. The van der Waals surface area contributed by atoms with E-state index in [-0.39, 0.29) is 18.0 Å². The summed E-state index contributed by atoms with van der Waals surface area (Å²) in [4.78, 5) is 0. The Balaban J connectivity index is 1.59. The van der Waals surface area contributed by atoms with E-state index in [1.165, 1.54) is 6.07 Å². The molecule has 1 saturated heterocycles. The smallest absolute Gasteiger partial charge is 0.157 e. The molecule has 1 N–H and O–H groups in total. The number of nitriles is 1. The number of halogens is 1. The molecule has 3 rings (SSSR count). The van der Waals surface area contributed by atoms with Crippen LogP contribution in [0.2, 0.25) is 0 Å². The highest BCUT2D eigenvalue weighted by Gasteiger charge is 2.30. The molecule has 7 heteroatoms. The van der Waals surface area contributed by atoms with Crippen LogP contribution in [-0.2, 0) is 18.3 Å². The van der Waals surface area contributed by atoms with Crippen molar-refractivity contribution in [1.82, 2.24) is 15.1 Å². The Morgan fingerprint density at radius 3 is 3.09 bits per heavy atom. The summed E-state index contributed by atoms with van der Waals surface area (Å²) < 4.78 is 26.9. The third kappa shape index (κ3) is 3.67. The van der Waals surface area contributed by atoms with Crippen LogP contribution in [0.4, 0.5) is 4.39 Å². The fourth-order valence-electron chi connectivity index (χ4n) is 2.48. The minimum absolute atomic E-state index is 0.0368. The predicted octanol–water partition coefficient (Wildman–Crippen LogP) is 1.37. The standard InChI is InChI=1S/C16H17FN4O2/c1-21-8-13(7-20-21)23-16-10-22-9-15(16)19-6-12-3-2-11(5-18)4-14(12)17/h2-4,7-8,15-16,19H,6,9-10H2,1H3/t15-,16+/m0/s1. The van der Waals surface area contributed by atoms with E-state index in [9.17, 15) is 4.39 Å². The van der Waals surface area contributed by atoms with Crippen LogP contribution in [-0.4, -0.2) is 35.1 Å². The minimum Gasteiger partial charge on any atom is -0.483 e. The highest BCUT2D eigenvalue weighted by molar-refractivity contribution is 5.32. The molecule has 0 spiro atoms. The Morgan fingerprint density at radius 2 is 2.39 bits per heavy atom. The first-order valence-corrected chi connectivity index (χ1v) is 7.30. The zero-order valence-corrected chi connectivity index (χ0v) is 12.7. The maximum atomic E-state index is 13.9. The van der Waals surface area contributed by atoms with Crippen molar-refractivity contribution < 1.29 is 13.9 Å². The summed E-state index contributed by atoms with van der Waals surface area (Å²) in [6.45, 7) is 1.32. The van der Waals surface area contributed by atoms with Crippen LogP contribution in [0, 0.1) is 17.1 Å². The molecule has 1 fully saturated rings. The Bertz CT molecular complexity index is 725. The number of nitrogens with zero attached hydrogens (tertiary/aromatic N) is 3. The molecule has 23 heavy (non-hydrogen) atoms. The second-order valence-electron chi connectivity index (χ2n) is 5.45. The number of ether oxygens (including phenoxy) is 2. The second kappa shape index (κ2) is 6.77. The van der Waals surface area contributed by atoms with Gasteiger partial charge in [-0.05, 0) is 12.1 Å². The van der Waals surface area contributed by atoms with Crippen molar-refractivity contribution in [3.05, 3.63) is 47.5 Å². The monoisotopic (exact) mass is 316 g/mol. The maximum Gasteiger partial charge on any atom is 0.157 e. The number of aromatic nitrogens is 2. The normalized spacial score (nSPS) is 20.4. The number of aryl methyl sites for hydroxylation is 1. The Kier molecular flexibility index (Phi) is 4.55. The summed E-state index contributed by atoms with van der Waals surface area (Å²) in [5, 5.41) is 16.1. The number of nitrogens with one attached hydrogen (secondary N) is 1. The van der Waals surface area contributed by atoms with Crippen molar-refractivity contribution in [2.45, 2.75) is 18.7 Å². The summed E-state index contributed by atoms with van der Waals surface area (Å²) in [5.41, 5.74) is 0.823. The van der Waals surface area contributed by atoms with Crippen LogP contribution in [0.25, 0.3) is 0 Å². The number of hydrogen-bond donors (Lipinski definition) is 1. The van der Waals surface area contributed by atoms with Gasteiger partial charge in [-0.2, -0.15) is 10.4 Å². The molecule has 0 radical (unpaired) electrons. The molecule has 0 amide bonds. The summed E-state index contributed by atoms with van der Waals surface area (Å²) in [6.07, 6.45) is 3.28. The molecule has 2 heterocycles. The van der Waals surface area contributed by atoms with Gasteiger partial charge in [0, 0.05) is 19.2 Å². The lowest BCUT2D eigenvalue weighted by Crippen LogP contribution is -2.41. The van der Waals surface area contributed by atoms with Gasteiger partial charge in [-0.3, -0.25) is 4.68 Å². The molecular formula is C16H17FN4O2. The van der Waals surface area contributed by atoms with Gasteiger partial charge in [0.1, 0.15) is 11.9 Å². The van der Waals surface area contributed by atoms with Crippen molar-refractivity contribution in [2.24, 2.45) is 7.05 Å². The summed E-state index contributed by atoms with van der Waals surface area (Å²) in [6, 6.07) is 6.35. The van der Waals surface area contributed by atoms with Crippen molar-refractivity contribution in [3.63, 3.8) is 0 Å². The first kappa shape index (κ1) is 15.5. The zero-order chi connectivity index (χ0) is 16.2. The highest BCUT2D eigenvalue weighted by Crippen LogP contribution is 2.17. The molecular weight excluding hydrogens is 299 g/mol. The topological polar surface area (TPSA) is 72.1 Å². The van der Waals surface area contributed by atoms with E-state index in [1.54, 1.807) is 29.2 Å². The van der Waals surface area contributed by atoms with Crippen LogP contribution in [0.1, 0.15) is 11.1 Å². The van der Waals surface area contributed by atoms with E-state index in [1.807, 2.05) is 13.1 Å². The molecule has 120 valence electrons. The van der Waals surface area contributed by atoms with Gasteiger partial charge in [-0.15, -0.1) is 0 Å². The molecule has 0 aliphatic carbocycles. The fraction of sp³-hybridized carbons (Fsp3) is 0.375. The van der Waals surface area contributed by atoms with Gasteiger partial charge in [0.15, 0.2) is 5.75 Å². The van der Waals surface area contributed by atoms with Crippen molar-refractivity contribution in [2.75, 3.05) is 13.2 Å². The molecule has 2 atom stereocenters. The highest BCUT2D eigenvalue weighted by atomic mass is 19.1. The van der Waals surface area contributed by atoms with Gasteiger partial charge in [0.25, 0.3) is 0 Å². The van der Waals surface area contributed by atoms with Gasteiger partial charge in [-0.25, -0.2) is 4.39 Å². The van der Waals surface area contributed by atoms with Crippen molar-refractivity contribution >= 4 is 0 Å². The number of hydrogen-bond acceptors (Lipinski definition) is 5. The van der Waals surface area contributed by atoms with Crippen LogP contribution >= 0.6 is 0 Å². The average Bonchev–Trinajstić information content (AvgIpc) is 3.15. The van der Waals surface area contributed by atoms with E-state index < -0.39 is 0 Å². The minimum atomic E-state index is -0.389. The molecule has 1 aromatic heterocycles. The average molecular weight is 316 g/mol. The van der Waals surface area contributed by atoms with Gasteiger partial charge in [0.2, 0.25) is 0 Å². The molecule has 0 saturated carbocycles. The summed E-state index contributed by atoms with van der Waals surface area (Å²) in [5.74, 6) is 0.291. The molecule has 6 nitrogen and oxygen atoms in total. The Labute approximate surface area is 133 Å². The van der Waals surface area contributed by atoms with Crippen molar-refractivity contribution in [3.8, 4) is 11.8 Å². The van der Waals surface area contributed by atoms with Crippen LogP contribution in [0.15, 0.2) is 30.6 Å². The summed E-state index contributed by atoms with van der Waals surface area (Å²) in [7, 11) is 1.82. The van der Waals surface area contributed by atoms with Gasteiger partial charge in [0.05, 0.1) is 43.3 Å². The third-order valence-electron chi connectivity index (χ3n) is 3.73.